The number of hydrogen-bond acceptors (Lipinski definition) is 3. The van der Waals surface area contributed by atoms with Gasteiger partial charge in [-0.15, -0.1) is 11.3 Å². The van der Waals surface area contributed by atoms with Crippen LogP contribution in [0.2, 0.25) is 0 Å². The van der Waals surface area contributed by atoms with Gasteiger partial charge in [0.25, 0.3) is 5.91 Å². The molecule has 1 N–H and O–H groups in total. The Hall–Kier alpha value is -1.68. The van der Waals surface area contributed by atoms with Crippen molar-refractivity contribution in [1.82, 2.24) is 10.3 Å². The van der Waals surface area contributed by atoms with Crippen LogP contribution in [-0.4, -0.2) is 10.9 Å². The van der Waals surface area contributed by atoms with Crippen LogP contribution in [0.4, 0.5) is 0 Å². The summed E-state index contributed by atoms with van der Waals surface area (Å²) in [4.78, 5) is 16.6. The number of aryl methyl sites for hydroxylation is 1. The predicted octanol–water partition coefficient (Wildman–Crippen LogP) is 2.38. The number of amides is 1. The van der Waals surface area contributed by atoms with Gasteiger partial charge in [0.2, 0.25) is 0 Å². The van der Waals surface area contributed by atoms with Gasteiger partial charge in [0, 0.05) is 18.9 Å². The highest BCUT2D eigenvalue weighted by molar-refractivity contribution is 7.12. The molecule has 0 unspecified atom stereocenters. The van der Waals surface area contributed by atoms with Crippen molar-refractivity contribution < 1.29 is 4.79 Å². The molecule has 0 spiro atoms. The fraction of sp³-hybridized carbons (Fsp3) is 0.167. The molecule has 0 atom stereocenters. The molecule has 0 aliphatic rings. The number of rotatable bonds is 3. The minimum absolute atomic E-state index is 0.0173. The van der Waals surface area contributed by atoms with E-state index in [1.807, 2.05) is 30.5 Å². The van der Waals surface area contributed by atoms with Gasteiger partial charge in [-0.3, -0.25) is 9.78 Å². The zero-order valence-electron chi connectivity index (χ0n) is 8.93. The molecule has 0 radical (unpaired) electrons. The van der Waals surface area contributed by atoms with Crippen LogP contribution in [0.25, 0.3) is 0 Å². The molecule has 2 rings (SSSR count). The first kappa shape index (κ1) is 10.8. The second-order valence-electron chi connectivity index (χ2n) is 3.48. The van der Waals surface area contributed by atoms with Gasteiger partial charge in [0.15, 0.2) is 0 Å². The van der Waals surface area contributed by atoms with Crippen molar-refractivity contribution in [3.63, 3.8) is 0 Å². The summed E-state index contributed by atoms with van der Waals surface area (Å²) in [6, 6.07) is 5.75. The van der Waals surface area contributed by atoms with Crippen LogP contribution >= 0.6 is 11.3 Å². The highest BCUT2D eigenvalue weighted by atomic mass is 32.1. The third-order valence-electron chi connectivity index (χ3n) is 2.24. The lowest BCUT2D eigenvalue weighted by atomic mass is 10.2. The Morgan fingerprint density at radius 2 is 2.38 bits per heavy atom. The molecule has 0 saturated heterocycles. The van der Waals surface area contributed by atoms with Crippen molar-refractivity contribution in [3.05, 3.63) is 52.0 Å². The summed E-state index contributed by atoms with van der Waals surface area (Å²) >= 11 is 1.47. The average Bonchev–Trinajstić information content (AvgIpc) is 2.74. The highest BCUT2D eigenvalue weighted by Gasteiger charge is 2.09. The van der Waals surface area contributed by atoms with Crippen molar-refractivity contribution in [2.24, 2.45) is 0 Å². The van der Waals surface area contributed by atoms with Gasteiger partial charge >= 0.3 is 0 Å². The van der Waals surface area contributed by atoms with E-state index in [1.165, 1.54) is 11.3 Å². The summed E-state index contributed by atoms with van der Waals surface area (Å²) < 4.78 is 0. The Kier molecular flexibility index (Phi) is 3.31. The maximum absolute atomic E-state index is 11.8. The van der Waals surface area contributed by atoms with E-state index in [0.717, 1.165) is 16.0 Å². The summed E-state index contributed by atoms with van der Waals surface area (Å²) in [7, 11) is 0. The Bertz CT molecular complexity index is 479. The summed E-state index contributed by atoms with van der Waals surface area (Å²) in [6.45, 7) is 2.46. The number of thiophene rings is 1. The highest BCUT2D eigenvalue weighted by Crippen LogP contribution is 2.15. The van der Waals surface area contributed by atoms with Gasteiger partial charge in [-0.2, -0.15) is 0 Å². The van der Waals surface area contributed by atoms with E-state index >= 15 is 0 Å². The second-order valence-corrected chi connectivity index (χ2v) is 4.39. The zero-order chi connectivity index (χ0) is 11.4. The van der Waals surface area contributed by atoms with Gasteiger partial charge in [-0.1, -0.05) is 6.07 Å². The number of carbonyl (C=O) groups is 1. The van der Waals surface area contributed by atoms with Crippen LogP contribution in [0.1, 0.15) is 20.8 Å². The lowest BCUT2D eigenvalue weighted by Gasteiger charge is -2.03. The molecule has 0 bridgehead atoms. The van der Waals surface area contributed by atoms with Crippen LogP contribution in [-0.2, 0) is 6.54 Å². The molecule has 0 fully saturated rings. The lowest BCUT2D eigenvalue weighted by molar-refractivity contribution is 0.0954. The summed E-state index contributed by atoms with van der Waals surface area (Å²) in [5.74, 6) is -0.0173. The molecule has 0 aromatic carbocycles. The monoisotopic (exact) mass is 232 g/mol. The van der Waals surface area contributed by atoms with Crippen molar-refractivity contribution in [2.75, 3.05) is 0 Å². The van der Waals surface area contributed by atoms with Crippen LogP contribution in [0.15, 0.2) is 36.0 Å². The van der Waals surface area contributed by atoms with Crippen LogP contribution in [0.5, 0.6) is 0 Å². The number of nitrogens with one attached hydrogen (secondary N) is 1. The maximum atomic E-state index is 11.8. The molecule has 0 aliphatic heterocycles. The number of hydrogen-bond donors (Lipinski definition) is 1. The lowest BCUT2D eigenvalue weighted by Crippen LogP contribution is -2.22. The summed E-state index contributed by atoms with van der Waals surface area (Å²) in [5.41, 5.74) is 2.03. The molecule has 82 valence electrons. The van der Waals surface area contributed by atoms with E-state index in [4.69, 9.17) is 0 Å². The maximum Gasteiger partial charge on any atom is 0.261 e. The van der Waals surface area contributed by atoms with E-state index in [-0.39, 0.29) is 5.91 Å². The first-order valence-electron chi connectivity index (χ1n) is 4.98. The quantitative estimate of drug-likeness (QED) is 0.882. The molecule has 0 aliphatic carbocycles. The van der Waals surface area contributed by atoms with E-state index in [9.17, 15) is 4.79 Å². The third kappa shape index (κ3) is 2.46. The van der Waals surface area contributed by atoms with Crippen molar-refractivity contribution >= 4 is 17.2 Å². The summed E-state index contributed by atoms with van der Waals surface area (Å²) in [5, 5.41) is 4.80. The van der Waals surface area contributed by atoms with Crippen LogP contribution in [0, 0.1) is 6.92 Å². The largest absolute Gasteiger partial charge is 0.347 e. The van der Waals surface area contributed by atoms with E-state index < -0.39 is 0 Å². The standard InChI is InChI=1S/C12H12N2OS/c1-9-4-6-16-11(9)12(15)14-8-10-3-2-5-13-7-10/h2-7H,8H2,1H3,(H,14,15). The van der Waals surface area contributed by atoms with E-state index in [2.05, 4.69) is 10.3 Å². The van der Waals surface area contributed by atoms with Gasteiger partial charge in [0.05, 0.1) is 4.88 Å². The smallest absolute Gasteiger partial charge is 0.261 e. The van der Waals surface area contributed by atoms with Gasteiger partial charge in [-0.05, 0) is 35.6 Å². The molecule has 4 heteroatoms. The fourth-order valence-corrected chi connectivity index (χ4v) is 2.21. The molecule has 2 aromatic rings. The van der Waals surface area contributed by atoms with Gasteiger partial charge < -0.3 is 5.32 Å². The first-order valence-corrected chi connectivity index (χ1v) is 5.86. The van der Waals surface area contributed by atoms with Crippen molar-refractivity contribution in [2.45, 2.75) is 13.5 Å². The molecular weight excluding hydrogens is 220 g/mol. The number of carbonyl (C=O) groups excluding carboxylic acids is 1. The third-order valence-corrected chi connectivity index (χ3v) is 3.26. The van der Waals surface area contributed by atoms with E-state index in [1.54, 1.807) is 12.4 Å². The van der Waals surface area contributed by atoms with Crippen molar-refractivity contribution in [1.29, 1.82) is 0 Å². The van der Waals surface area contributed by atoms with Gasteiger partial charge in [0.1, 0.15) is 0 Å². The molecular formula is C12H12N2OS. The molecule has 16 heavy (non-hydrogen) atoms. The molecule has 2 heterocycles. The number of pyridine rings is 1. The average molecular weight is 232 g/mol. The van der Waals surface area contributed by atoms with Crippen LogP contribution < -0.4 is 5.32 Å². The molecule has 3 nitrogen and oxygen atoms in total. The molecule has 0 saturated carbocycles. The summed E-state index contributed by atoms with van der Waals surface area (Å²) in [6.07, 6.45) is 3.47. The Morgan fingerprint density at radius 3 is 3.00 bits per heavy atom. The predicted molar refractivity (Wildman–Crippen MR) is 64.5 cm³/mol. The number of nitrogens with zero attached hydrogens (tertiary/aromatic N) is 1. The van der Waals surface area contributed by atoms with Crippen molar-refractivity contribution in [3.8, 4) is 0 Å². The Balaban J connectivity index is 1.97. The first-order chi connectivity index (χ1) is 7.77. The number of aromatic nitrogens is 1. The normalized spacial score (nSPS) is 10.1. The second kappa shape index (κ2) is 4.90. The van der Waals surface area contributed by atoms with Crippen LogP contribution in [0.3, 0.4) is 0 Å². The minimum atomic E-state index is -0.0173. The topological polar surface area (TPSA) is 42.0 Å². The van der Waals surface area contributed by atoms with E-state index in [0.29, 0.717) is 6.54 Å². The zero-order valence-corrected chi connectivity index (χ0v) is 9.75. The van der Waals surface area contributed by atoms with Gasteiger partial charge in [-0.25, -0.2) is 0 Å². The minimum Gasteiger partial charge on any atom is -0.347 e. The SMILES string of the molecule is Cc1ccsc1C(=O)NCc1cccnc1. The molecule has 1 amide bonds. The Morgan fingerprint density at radius 1 is 1.50 bits per heavy atom. The fourth-order valence-electron chi connectivity index (χ4n) is 1.37. The Labute approximate surface area is 98.2 Å². The molecule has 2 aromatic heterocycles.